The van der Waals surface area contributed by atoms with Gasteiger partial charge in [-0.05, 0) is 28.3 Å². The van der Waals surface area contributed by atoms with Crippen LogP contribution in [0.4, 0.5) is 10.5 Å². The molecular formula is C25H20N2O8. The van der Waals surface area contributed by atoms with E-state index in [-0.39, 0.29) is 48.5 Å². The third kappa shape index (κ3) is 4.21. The third-order valence-electron chi connectivity index (χ3n) is 6.13. The van der Waals surface area contributed by atoms with Crippen LogP contribution in [-0.2, 0) is 16.0 Å². The van der Waals surface area contributed by atoms with Gasteiger partial charge in [-0.15, -0.1) is 0 Å². The van der Waals surface area contributed by atoms with E-state index < -0.39 is 23.0 Å². The molecule has 10 heteroatoms. The summed E-state index contributed by atoms with van der Waals surface area (Å²) in [4.78, 5) is 35.3. The number of fused-ring (bicyclic) bond motifs is 4. The number of amides is 1. The maximum absolute atomic E-state index is 12.6. The van der Waals surface area contributed by atoms with Crippen LogP contribution in [0.3, 0.4) is 0 Å². The first-order valence-electron chi connectivity index (χ1n) is 10.8. The minimum Gasteiger partial charge on any atom is -0.480 e. The molecule has 0 aromatic heterocycles. The van der Waals surface area contributed by atoms with Gasteiger partial charge in [0.05, 0.1) is 11.0 Å². The van der Waals surface area contributed by atoms with Gasteiger partial charge >= 0.3 is 12.1 Å². The number of hydrogen-bond acceptors (Lipinski definition) is 7. The van der Waals surface area contributed by atoms with Gasteiger partial charge in [-0.3, -0.25) is 10.1 Å². The van der Waals surface area contributed by atoms with Crippen molar-refractivity contribution in [3.05, 3.63) is 87.5 Å². The Morgan fingerprint density at radius 1 is 1.06 bits per heavy atom. The number of carboxylic acid groups (broad SMARTS) is 1. The highest BCUT2D eigenvalue weighted by Gasteiger charge is 2.31. The molecule has 2 N–H and O–H groups in total. The number of alkyl carbamates (subject to hydrolysis) is 1. The van der Waals surface area contributed by atoms with E-state index in [0.717, 1.165) is 22.3 Å². The summed E-state index contributed by atoms with van der Waals surface area (Å²) in [6, 6.07) is 16.8. The molecular weight excluding hydrogens is 456 g/mol. The molecule has 1 unspecified atom stereocenters. The molecule has 178 valence electrons. The normalized spacial score (nSPS) is 14.1. The number of nitro groups is 1. The van der Waals surface area contributed by atoms with Crippen LogP contribution in [0.15, 0.2) is 60.7 Å². The molecule has 1 atom stereocenters. The first kappa shape index (κ1) is 22.2. The Kier molecular flexibility index (Phi) is 5.69. The molecule has 10 nitrogen and oxygen atoms in total. The average molecular weight is 476 g/mol. The highest BCUT2D eigenvalue weighted by atomic mass is 16.7. The summed E-state index contributed by atoms with van der Waals surface area (Å²) in [5.41, 5.74) is 3.94. The maximum Gasteiger partial charge on any atom is 0.407 e. The summed E-state index contributed by atoms with van der Waals surface area (Å²) in [5.74, 6) is -1.07. The van der Waals surface area contributed by atoms with Crippen LogP contribution in [0.25, 0.3) is 11.1 Å². The second-order valence-electron chi connectivity index (χ2n) is 8.16. The van der Waals surface area contributed by atoms with Crippen molar-refractivity contribution in [2.45, 2.75) is 18.4 Å². The van der Waals surface area contributed by atoms with Crippen LogP contribution < -0.4 is 14.8 Å². The van der Waals surface area contributed by atoms with Gasteiger partial charge in [0, 0.05) is 17.9 Å². The molecule has 0 radical (unpaired) electrons. The molecule has 0 spiro atoms. The lowest BCUT2D eigenvalue weighted by molar-refractivity contribution is -0.385. The summed E-state index contributed by atoms with van der Waals surface area (Å²) in [6.07, 6.45) is -1.27. The van der Waals surface area contributed by atoms with Crippen molar-refractivity contribution in [2.24, 2.45) is 0 Å². The van der Waals surface area contributed by atoms with Gasteiger partial charge in [0.2, 0.25) is 6.79 Å². The van der Waals surface area contributed by atoms with E-state index in [9.17, 15) is 24.8 Å². The summed E-state index contributed by atoms with van der Waals surface area (Å²) < 4.78 is 15.8. The van der Waals surface area contributed by atoms with Crippen molar-refractivity contribution in [2.75, 3.05) is 13.4 Å². The molecule has 0 saturated carbocycles. The first-order chi connectivity index (χ1) is 16.9. The molecule has 0 saturated heterocycles. The van der Waals surface area contributed by atoms with Crippen molar-refractivity contribution < 1.29 is 33.8 Å². The Labute approximate surface area is 199 Å². The zero-order valence-corrected chi connectivity index (χ0v) is 18.3. The van der Waals surface area contributed by atoms with Gasteiger partial charge in [0.15, 0.2) is 11.5 Å². The van der Waals surface area contributed by atoms with Crippen LogP contribution in [0.2, 0.25) is 0 Å². The number of carbonyl (C=O) groups excluding carboxylic acids is 1. The van der Waals surface area contributed by atoms with Gasteiger partial charge in [0.25, 0.3) is 5.69 Å². The molecule has 2 aliphatic rings. The zero-order chi connectivity index (χ0) is 24.5. The number of aliphatic carboxylic acids is 1. The number of nitrogens with one attached hydrogen (secondary N) is 1. The molecule has 3 aromatic carbocycles. The van der Waals surface area contributed by atoms with Crippen LogP contribution >= 0.6 is 0 Å². The standard InChI is InChI=1S/C25H20N2O8/c28-24(29)20(9-14-10-22-23(35-13-34-22)11-21(14)27(31)32)26-25(30)33-12-19-17-7-3-1-5-15(17)16-6-2-4-8-18(16)19/h1-8,10-11,19-20H,9,12-13H2,(H,26,30)(H,28,29). The van der Waals surface area contributed by atoms with E-state index in [1.54, 1.807) is 0 Å². The Hall–Kier alpha value is -4.60. The average Bonchev–Trinajstić information content (AvgIpc) is 3.43. The van der Waals surface area contributed by atoms with Crippen molar-refractivity contribution in [3.63, 3.8) is 0 Å². The van der Waals surface area contributed by atoms with E-state index in [1.807, 2.05) is 48.5 Å². The number of carboxylic acids is 1. The topological polar surface area (TPSA) is 137 Å². The molecule has 1 amide bonds. The minimum absolute atomic E-state index is 0.0103. The quantitative estimate of drug-likeness (QED) is 0.387. The summed E-state index contributed by atoms with van der Waals surface area (Å²) in [7, 11) is 0. The van der Waals surface area contributed by atoms with Crippen molar-refractivity contribution in [3.8, 4) is 22.6 Å². The largest absolute Gasteiger partial charge is 0.480 e. The molecule has 1 heterocycles. The Morgan fingerprint density at radius 3 is 2.26 bits per heavy atom. The monoisotopic (exact) mass is 476 g/mol. The lowest BCUT2D eigenvalue weighted by Gasteiger charge is -2.17. The second-order valence-corrected chi connectivity index (χ2v) is 8.16. The fraction of sp³-hybridized carbons (Fsp3) is 0.200. The van der Waals surface area contributed by atoms with Crippen molar-refractivity contribution in [1.29, 1.82) is 0 Å². The second kappa shape index (κ2) is 8.98. The lowest BCUT2D eigenvalue weighted by atomic mass is 9.98. The van der Waals surface area contributed by atoms with E-state index in [1.165, 1.54) is 12.1 Å². The van der Waals surface area contributed by atoms with E-state index in [2.05, 4.69) is 5.32 Å². The summed E-state index contributed by atoms with van der Waals surface area (Å²) in [5, 5.41) is 23.5. The van der Waals surface area contributed by atoms with Gasteiger partial charge in [0.1, 0.15) is 12.6 Å². The highest BCUT2D eigenvalue weighted by Crippen LogP contribution is 2.44. The Balaban J connectivity index is 1.30. The Morgan fingerprint density at radius 2 is 1.66 bits per heavy atom. The lowest BCUT2D eigenvalue weighted by Crippen LogP contribution is -2.43. The van der Waals surface area contributed by atoms with Gasteiger partial charge < -0.3 is 24.6 Å². The first-order valence-corrected chi connectivity index (χ1v) is 10.8. The number of ether oxygens (including phenoxy) is 3. The van der Waals surface area contributed by atoms with Gasteiger partial charge in [-0.25, -0.2) is 9.59 Å². The number of rotatable bonds is 7. The smallest absolute Gasteiger partial charge is 0.407 e. The van der Waals surface area contributed by atoms with Gasteiger partial charge in [-0.1, -0.05) is 48.5 Å². The van der Waals surface area contributed by atoms with Crippen LogP contribution in [-0.4, -0.2) is 41.5 Å². The number of hydrogen-bond donors (Lipinski definition) is 2. The molecule has 1 aliphatic heterocycles. The van der Waals surface area contributed by atoms with Crippen LogP contribution in [0, 0.1) is 10.1 Å². The summed E-state index contributed by atoms with van der Waals surface area (Å²) in [6.45, 7) is -0.0767. The predicted octanol–water partition coefficient (Wildman–Crippen LogP) is 3.86. The SMILES string of the molecule is O=C(NC(Cc1cc2c(cc1[N+](=O)[O-])OCO2)C(=O)O)OCC1c2ccccc2-c2ccccc21. The third-order valence-corrected chi connectivity index (χ3v) is 6.13. The Bertz CT molecular complexity index is 1290. The molecule has 1 aliphatic carbocycles. The van der Waals surface area contributed by atoms with Crippen molar-refractivity contribution in [1.82, 2.24) is 5.32 Å². The van der Waals surface area contributed by atoms with E-state index >= 15 is 0 Å². The zero-order valence-electron chi connectivity index (χ0n) is 18.3. The highest BCUT2D eigenvalue weighted by molar-refractivity contribution is 5.81. The fourth-order valence-electron chi connectivity index (χ4n) is 4.51. The number of nitrogens with zero attached hydrogens (tertiary/aromatic N) is 1. The fourth-order valence-corrected chi connectivity index (χ4v) is 4.51. The van der Waals surface area contributed by atoms with Crippen molar-refractivity contribution >= 4 is 17.7 Å². The molecule has 0 bridgehead atoms. The number of nitro benzene ring substituents is 1. The van der Waals surface area contributed by atoms with Gasteiger partial charge in [-0.2, -0.15) is 0 Å². The molecule has 5 rings (SSSR count). The molecule has 0 fully saturated rings. The summed E-state index contributed by atoms with van der Waals surface area (Å²) >= 11 is 0. The van der Waals surface area contributed by atoms with E-state index in [0.29, 0.717) is 0 Å². The van der Waals surface area contributed by atoms with E-state index in [4.69, 9.17) is 14.2 Å². The molecule has 3 aromatic rings. The molecule has 35 heavy (non-hydrogen) atoms. The van der Waals surface area contributed by atoms with Crippen LogP contribution in [0.5, 0.6) is 11.5 Å². The predicted molar refractivity (Wildman–Crippen MR) is 123 cm³/mol. The number of benzene rings is 3. The number of carbonyl (C=O) groups is 2. The maximum atomic E-state index is 12.6. The minimum atomic E-state index is -1.45. The van der Waals surface area contributed by atoms with Crippen LogP contribution in [0.1, 0.15) is 22.6 Å².